The lowest BCUT2D eigenvalue weighted by Gasteiger charge is -2.24. The number of hydrogen-bond donors (Lipinski definition) is 2. The zero-order valence-electron chi connectivity index (χ0n) is 14.5. The molecule has 0 saturated carbocycles. The average Bonchev–Trinajstić information content (AvgIpc) is 3.33. The molecule has 0 spiro atoms. The minimum Gasteiger partial charge on any atom is -0.341 e. The molecule has 140 valence electrons. The minimum absolute atomic E-state index is 0. The number of halogens is 1. The van der Waals surface area contributed by atoms with E-state index in [4.69, 9.17) is 5.73 Å². The fraction of sp³-hybridized carbons (Fsp3) is 0.368. The molecule has 0 aliphatic carbocycles. The topological polar surface area (TPSA) is 75.4 Å². The van der Waals surface area contributed by atoms with E-state index in [1.54, 1.807) is 6.07 Å². The molecule has 7 heteroatoms. The predicted octanol–water partition coefficient (Wildman–Crippen LogP) is 2.32. The van der Waals surface area contributed by atoms with Gasteiger partial charge in [0, 0.05) is 19.5 Å². The van der Waals surface area contributed by atoms with Crippen LogP contribution in [0.5, 0.6) is 0 Å². The highest BCUT2D eigenvalue weighted by atomic mass is 35.5. The summed E-state index contributed by atoms with van der Waals surface area (Å²) >= 11 is 1.37. The van der Waals surface area contributed by atoms with Gasteiger partial charge in [-0.15, -0.1) is 23.7 Å². The Labute approximate surface area is 164 Å². The molecule has 0 radical (unpaired) electrons. The number of likely N-dealkylation sites (tertiary alicyclic amines) is 1. The van der Waals surface area contributed by atoms with Crippen LogP contribution in [0.1, 0.15) is 21.7 Å². The molecular weight excluding hydrogens is 370 g/mol. The van der Waals surface area contributed by atoms with Crippen molar-refractivity contribution in [2.24, 2.45) is 11.7 Å². The lowest BCUT2D eigenvalue weighted by molar-refractivity contribution is -0.132. The Morgan fingerprint density at radius 1 is 1.23 bits per heavy atom. The first-order valence-corrected chi connectivity index (χ1v) is 9.42. The zero-order chi connectivity index (χ0) is 17.6. The Morgan fingerprint density at radius 2 is 2.00 bits per heavy atom. The summed E-state index contributed by atoms with van der Waals surface area (Å²) in [7, 11) is 0. The Bertz CT molecular complexity index is 709. The van der Waals surface area contributed by atoms with E-state index in [9.17, 15) is 9.59 Å². The van der Waals surface area contributed by atoms with Gasteiger partial charge in [-0.1, -0.05) is 36.4 Å². The van der Waals surface area contributed by atoms with Gasteiger partial charge in [-0.25, -0.2) is 0 Å². The first-order chi connectivity index (χ1) is 12.2. The van der Waals surface area contributed by atoms with Crippen molar-refractivity contribution in [2.75, 3.05) is 19.6 Å². The fourth-order valence-corrected chi connectivity index (χ4v) is 3.76. The number of thiophene rings is 1. The number of nitrogens with zero attached hydrogens (tertiary/aromatic N) is 1. The van der Waals surface area contributed by atoms with Gasteiger partial charge in [0.2, 0.25) is 5.91 Å². The predicted molar refractivity (Wildman–Crippen MR) is 107 cm³/mol. The number of rotatable bonds is 6. The van der Waals surface area contributed by atoms with Gasteiger partial charge in [-0.2, -0.15) is 0 Å². The zero-order valence-corrected chi connectivity index (χ0v) is 16.1. The van der Waals surface area contributed by atoms with Gasteiger partial charge in [-0.05, 0) is 35.9 Å². The average molecular weight is 394 g/mol. The van der Waals surface area contributed by atoms with Crippen LogP contribution >= 0.6 is 23.7 Å². The number of nitrogens with one attached hydrogen (secondary N) is 1. The lowest BCUT2D eigenvalue weighted by atomic mass is 10.0. The maximum atomic E-state index is 13.0. The van der Waals surface area contributed by atoms with Crippen LogP contribution in [0.15, 0.2) is 47.8 Å². The van der Waals surface area contributed by atoms with Gasteiger partial charge in [0.15, 0.2) is 0 Å². The third kappa shape index (κ3) is 5.06. The summed E-state index contributed by atoms with van der Waals surface area (Å²) in [6, 6.07) is 12.8. The van der Waals surface area contributed by atoms with Crippen LogP contribution < -0.4 is 11.1 Å². The summed E-state index contributed by atoms with van der Waals surface area (Å²) in [6.07, 6.45) is 1.42. The number of amides is 2. The van der Waals surface area contributed by atoms with E-state index in [0.717, 1.165) is 12.0 Å². The van der Waals surface area contributed by atoms with Crippen LogP contribution in [0, 0.1) is 5.92 Å². The van der Waals surface area contributed by atoms with Gasteiger partial charge >= 0.3 is 0 Å². The molecule has 3 N–H and O–H groups in total. The van der Waals surface area contributed by atoms with Crippen molar-refractivity contribution in [2.45, 2.75) is 18.9 Å². The van der Waals surface area contributed by atoms with E-state index >= 15 is 0 Å². The quantitative estimate of drug-likeness (QED) is 0.790. The molecular formula is C19H24ClN3O2S. The maximum absolute atomic E-state index is 13.0. The fourth-order valence-electron chi connectivity index (χ4n) is 3.13. The first kappa shape index (κ1) is 20.4. The van der Waals surface area contributed by atoms with Crippen molar-refractivity contribution in [1.29, 1.82) is 0 Å². The van der Waals surface area contributed by atoms with Gasteiger partial charge in [0.05, 0.1) is 4.88 Å². The molecule has 1 aromatic heterocycles. The van der Waals surface area contributed by atoms with Crippen LogP contribution in [-0.4, -0.2) is 42.4 Å². The highest BCUT2D eigenvalue weighted by molar-refractivity contribution is 7.12. The summed E-state index contributed by atoms with van der Waals surface area (Å²) < 4.78 is 0. The van der Waals surface area contributed by atoms with E-state index in [-0.39, 0.29) is 24.2 Å². The molecule has 5 nitrogen and oxygen atoms in total. The molecule has 3 rings (SSSR count). The molecule has 2 unspecified atom stereocenters. The van der Waals surface area contributed by atoms with Crippen molar-refractivity contribution >= 4 is 35.6 Å². The number of hydrogen-bond acceptors (Lipinski definition) is 4. The number of carbonyl (C=O) groups excluding carboxylic acids is 2. The normalized spacial score (nSPS) is 17.4. The van der Waals surface area contributed by atoms with Crippen LogP contribution in [-0.2, 0) is 11.2 Å². The molecule has 26 heavy (non-hydrogen) atoms. The smallest absolute Gasteiger partial charge is 0.262 e. The molecule has 1 aromatic carbocycles. The molecule has 1 aliphatic rings. The molecule has 2 amide bonds. The lowest BCUT2D eigenvalue weighted by Crippen LogP contribution is -2.49. The third-order valence-electron chi connectivity index (χ3n) is 4.56. The van der Waals surface area contributed by atoms with Gasteiger partial charge in [0.25, 0.3) is 5.91 Å². The summed E-state index contributed by atoms with van der Waals surface area (Å²) in [6.45, 7) is 1.98. The van der Waals surface area contributed by atoms with Crippen LogP contribution in [0.25, 0.3) is 0 Å². The SMILES string of the molecule is Cl.NCC1CCN(C(=O)C(Cc2ccccc2)NC(=O)c2cccs2)C1. The van der Waals surface area contributed by atoms with Gasteiger partial charge < -0.3 is 16.0 Å². The summed E-state index contributed by atoms with van der Waals surface area (Å²) in [4.78, 5) is 27.9. The van der Waals surface area contributed by atoms with Crippen molar-refractivity contribution < 1.29 is 9.59 Å². The van der Waals surface area contributed by atoms with E-state index in [2.05, 4.69) is 5.32 Å². The highest BCUT2D eigenvalue weighted by Crippen LogP contribution is 2.18. The van der Waals surface area contributed by atoms with E-state index in [0.29, 0.717) is 36.9 Å². The molecule has 1 saturated heterocycles. The number of carbonyl (C=O) groups is 2. The second-order valence-electron chi connectivity index (χ2n) is 6.37. The Balaban J connectivity index is 0.00000243. The van der Waals surface area contributed by atoms with Crippen molar-refractivity contribution in [3.05, 3.63) is 58.3 Å². The van der Waals surface area contributed by atoms with Crippen molar-refractivity contribution in [3.63, 3.8) is 0 Å². The summed E-state index contributed by atoms with van der Waals surface area (Å²) in [5, 5.41) is 4.78. The van der Waals surface area contributed by atoms with Crippen LogP contribution in [0.4, 0.5) is 0 Å². The van der Waals surface area contributed by atoms with E-state index in [1.165, 1.54) is 11.3 Å². The molecule has 2 aromatic rings. The molecule has 1 fully saturated rings. The second kappa shape index (κ2) is 9.71. The Morgan fingerprint density at radius 3 is 2.62 bits per heavy atom. The Kier molecular flexibility index (Phi) is 7.63. The monoisotopic (exact) mass is 393 g/mol. The number of nitrogens with two attached hydrogens (primary N) is 1. The highest BCUT2D eigenvalue weighted by Gasteiger charge is 2.31. The summed E-state index contributed by atoms with van der Waals surface area (Å²) in [5.74, 6) is 0.137. The molecule has 2 heterocycles. The van der Waals surface area contributed by atoms with Gasteiger partial charge in [0.1, 0.15) is 6.04 Å². The largest absolute Gasteiger partial charge is 0.341 e. The minimum atomic E-state index is -0.562. The van der Waals surface area contributed by atoms with E-state index < -0.39 is 6.04 Å². The van der Waals surface area contributed by atoms with Crippen LogP contribution in [0.2, 0.25) is 0 Å². The second-order valence-corrected chi connectivity index (χ2v) is 7.32. The molecule has 1 aliphatic heterocycles. The maximum Gasteiger partial charge on any atom is 0.262 e. The standard InChI is InChI=1S/C19H23N3O2S.ClH/c20-12-15-8-9-22(13-15)19(24)16(11-14-5-2-1-3-6-14)21-18(23)17-7-4-10-25-17;/h1-7,10,15-16H,8-9,11-13,20H2,(H,21,23);1H. The first-order valence-electron chi connectivity index (χ1n) is 8.54. The van der Waals surface area contributed by atoms with Crippen molar-refractivity contribution in [3.8, 4) is 0 Å². The molecule has 2 atom stereocenters. The molecule has 0 bridgehead atoms. The van der Waals surface area contributed by atoms with Crippen molar-refractivity contribution in [1.82, 2.24) is 10.2 Å². The van der Waals surface area contributed by atoms with Gasteiger partial charge in [-0.3, -0.25) is 9.59 Å². The summed E-state index contributed by atoms with van der Waals surface area (Å²) in [5.41, 5.74) is 6.76. The van der Waals surface area contributed by atoms with E-state index in [1.807, 2.05) is 46.7 Å². The number of benzene rings is 1. The Hall–Kier alpha value is -1.89. The van der Waals surface area contributed by atoms with Crippen LogP contribution in [0.3, 0.4) is 0 Å². The third-order valence-corrected chi connectivity index (χ3v) is 5.43.